The fraction of sp³-hybridized carbons (Fsp3) is 0.200. The first-order valence-corrected chi connectivity index (χ1v) is 11.0. The predicted octanol–water partition coefficient (Wildman–Crippen LogP) is 3.42. The van der Waals surface area contributed by atoms with E-state index in [0.29, 0.717) is 0 Å². The Morgan fingerprint density at radius 1 is 1.17 bits per heavy atom. The van der Waals surface area contributed by atoms with Gasteiger partial charge in [-0.2, -0.15) is 0 Å². The molecule has 29 heavy (non-hydrogen) atoms. The molecule has 6 nitrogen and oxygen atoms in total. The third-order valence-corrected chi connectivity index (χ3v) is 7.27. The molecule has 0 fully saturated rings. The molecule has 152 valence electrons. The van der Waals surface area contributed by atoms with Gasteiger partial charge in [-0.1, -0.05) is 41.7 Å². The maximum absolute atomic E-state index is 13.5. The Morgan fingerprint density at radius 2 is 1.83 bits per heavy atom. The molecule has 2 N–H and O–H groups in total. The zero-order valence-corrected chi connectivity index (χ0v) is 17.8. The van der Waals surface area contributed by atoms with E-state index in [1.54, 1.807) is 6.07 Å². The molecule has 1 aromatic heterocycles. The molecular formula is C20H20FN3O3S2. The molecule has 0 bridgehead atoms. The third-order valence-electron chi connectivity index (χ3n) is 4.48. The number of rotatable bonds is 5. The molecule has 0 saturated heterocycles. The highest BCUT2D eigenvalue weighted by Gasteiger charge is 2.22. The molecule has 3 aromatic rings. The van der Waals surface area contributed by atoms with E-state index in [0.717, 1.165) is 33.6 Å². The Morgan fingerprint density at radius 3 is 2.41 bits per heavy atom. The number of benzene rings is 2. The molecule has 0 aliphatic carbocycles. The molecule has 0 aliphatic rings. The van der Waals surface area contributed by atoms with Crippen LogP contribution in [0.3, 0.4) is 0 Å². The lowest BCUT2D eigenvalue weighted by Crippen LogP contribution is -2.27. The Labute approximate surface area is 172 Å². The van der Waals surface area contributed by atoms with Crippen molar-refractivity contribution in [2.75, 3.05) is 11.9 Å². The van der Waals surface area contributed by atoms with Crippen LogP contribution in [0.25, 0.3) is 11.1 Å². The number of likely N-dealkylation sites (N-methyl/N-ethyl adjacent to an activating group) is 1. The molecule has 0 aliphatic heterocycles. The van der Waals surface area contributed by atoms with Crippen molar-refractivity contribution in [1.29, 1.82) is 0 Å². The smallest absolute Gasteiger partial charge is 0.249 e. The highest BCUT2D eigenvalue weighted by atomic mass is 32.2. The van der Waals surface area contributed by atoms with Crippen LogP contribution < -0.4 is 10.0 Å². The summed E-state index contributed by atoms with van der Waals surface area (Å²) in [7, 11) is -2.34. The lowest BCUT2D eigenvalue weighted by atomic mass is 9.98. The van der Waals surface area contributed by atoms with Gasteiger partial charge in [0.25, 0.3) is 0 Å². The maximum atomic E-state index is 13.5. The van der Waals surface area contributed by atoms with E-state index in [4.69, 9.17) is 5.14 Å². The summed E-state index contributed by atoms with van der Waals surface area (Å²) in [5.41, 5.74) is 3.66. The van der Waals surface area contributed by atoms with E-state index in [1.807, 2.05) is 31.2 Å². The molecule has 0 radical (unpaired) electrons. The summed E-state index contributed by atoms with van der Waals surface area (Å²) in [5.74, 6) is -0.543. The van der Waals surface area contributed by atoms with Crippen LogP contribution in [0.15, 0.2) is 46.7 Å². The van der Waals surface area contributed by atoms with Crippen molar-refractivity contribution in [2.24, 2.45) is 5.14 Å². The molecule has 0 spiro atoms. The number of anilines is 1. The van der Waals surface area contributed by atoms with Crippen LogP contribution in [0.5, 0.6) is 0 Å². The fourth-order valence-corrected chi connectivity index (χ4v) is 4.81. The number of aryl methyl sites for hydroxylation is 2. The fourth-order valence-electron chi connectivity index (χ4n) is 2.88. The van der Waals surface area contributed by atoms with Crippen molar-refractivity contribution < 1.29 is 17.6 Å². The van der Waals surface area contributed by atoms with Crippen LogP contribution in [-0.2, 0) is 21.2 Å². The number of hydrogen-bond donors (Lipinski definition) is 1. The van der Waals surface area contributed by atoms with Gasteiger partial charge in [0.15, 0.2) is 9.34 Å². The number of halogens is 1. The summed E-state index contributed by atoms with van der Waals surface area (Å²) >= 11 is 0.862. The van der Waals surface area contributed by atoms with Crippen molar-refractivity contribution in [1.82, 2.24) is 4.98 Å². The summed E-state index contributed by atoms with van der Waals surface area (Å²) in [6.45, 7) is 3.44. The zero-order chi connectivity index (χ0) is 21.3. The van der Waals surface area contributed by atoms with Crippen molar-refractivity contribution in [3.8, 4) is 11.1 Å². The van der Waals surface area contributed by atoms with E-state index in [9.17, 15) is 17.6 Å². The lowest BCUT2D eigenvalue weighted by molar-refractivity contribution is -0.117. The summed E-state index contributed by atoms with van der Waals surface area (Å²) in [5, 5.41) is 5.44. The number of sulfonamides is 1. The SMILES string of the molecule is Cc1ccc(F)cc1-c1ccc(CC(=O)N(C)c2nc(C)c(S(N)(=O)=O)s2)cc1. The van der Waals surface area contributed by atoms with Crippen LogP contribution >= 0.6 is 11.3 Å². The highest BCUT2D eigenvalue weighted by molar-refractivity contribution is 7.91. The van der Waals surface area contributed by atoms with Gasteiger partial charge in [-0.3, -0.25) is 9.69 Å². The van der Waals surface area contributed by atoms with Gasteiger partial charge in [0.2, 0.25) is 15.9 Å². The molecule has 1 amide bonds. The summed E-state index contributed by atoms with van der Waals surface area (Å²) < 4.78 is 36.6. The van der Waals surface area contributed by atoms with E-state index in [2.05, 4.69) is 4.98 Å². The van der Waals surface area contributed by atoms with E-state index >= 15 is 0 Å². The van der Waals surface area contributed by atoms with Gasteiger partial charge >= 0.3 is 0 Å². The lowest BCUT2D eigenvalue weighted by Gasteiger charge is -2.14. The van der Waals surface area contributed by atoms with Crippen LogP contribution in [-0.4, -0.2) is 26.4 Å². The van der Waals surface area contributed by atoms with E-state index < -0.39 is 10.0 Å². The number of carbonyl (C=O) groups excluding carboxylic acids is 1. The predicted molar refractivity (Wildman–Crippen MR) is 112 cm³/mol. The van der Waals surface area contributed by atoms with Gasteiger partial charge in [0.1, 0.15) is 5.82 Å². The van der Waals surface area contributed by atoms with E-state index in [-0.39, 0.29) is 33.2 Å². The molecule has 1 heterocycles. The summed E-state index contributed by atoms with van der Waals surface area (Å²) in [4.78, 5) is 18.1. The van der Waals surface area contributed by atoms with Gasteiger partial charge < -0.3 is 0 Å². The average Bonchev–Trinajstić information content (AvgIpc) is 3.06. The van der Waals surface area contributed by atoms with Gasteiger partial charge in [0.05, 0.1) is 12.1 Å². The normalized spacial score (nSPS) is 11.5. The second-order valence-electron chi connectivity index (χ2n) is 6.70. The summed E-state index contributed by atoms with van der Waals surface area (Å²) in [6.07, 6.45) is 0.113. The average molecular weight is 434 g/mol. The maximum Gasteiger partial charge on any atom is 0.249 e. The van der Waals surface area contributed by atoms with Gasteiger partial charge in [-0.15, -0.1) is 0 Å². The minimum absolute atomic E-state index is 0.0537. The largest absolute Gasteiger partial charge is 0.291 e. The standard InChI is InChI=1S/C20H20FN3O3S2/c1-12-4-9-16(21)11-17(12)15-7-5-14(6-8-15)10-18(25)24(3)20-23-13(2)19(28-20)29(22,26)27/h4-9,11H,10H2,1-3H3,(H2,22,26,27). The van der Waals surface area contributed by atoms with Crippen molar-refractivity contribution >= 4 is 32.4 Å². The van der Waals surface area contributed by atoms with Crippen molar-refractivity contribution in [3.05, 3.63) is 65.1 Å². The second-order valence-corrected chi connectivity index (χ2v) is 9.43. The number of carbonyl (C=O) groups is 1. The topological polar surface area (TPSA) is 93.4 Å². The van der Waals surface area contributed by atoms with Gasteiger partial charge in [-0.25, -0.2) is 22.9 Å². The first kappa shape index (κ1) is 21.1. The molecule has 0 saturated carbocycles. The number of amides is 1. The quantitative estimate of drug-likeness (QED) is 0.667. The molecule has 2 aromatic carbocycles. The molecule has 3 rings (SSSR count). The number of nitrogens with two attached hydrogens (primary N) is 1. The number of hydrogen-bond acceptors (Lipinski definition) is 5. The Hall–Kier alpha value is -2.62. The second kappa shape index (κ2) is 8.02. The van der Waals surface area contributed by atoms with Crippen molar-refractivity contribution in [3.63, 3.8) is 0 Å². The monoisotopic (exact) mass is 433 g/mol. The van der Waals surface area contributed by atoms with Crippen LogP contribution in [0, 0.1) is 19.7 Å². The van der Waals surface area contributed by atoms with Crippen LogP contribution in [0.1, 0.15) is 16.8 Å². The van der Waals surface area contributed by atoms with Crippen molar-refractivity contribution in [2.45, 2.75) is 24.5 Å². The first-order chi connectivity index (χ1) is 13.6. The van der Waals surface area contributed by atoms with Gasteiger partial charge in [0, 0.05) is 7.05 Å². The third kappa shape index (κ3) is 4.69. The van der Waals surface area contributed by atoms with Gasteiger partial charge in [-0.05, 0) is 48.2 Å². The Bertz CT molecular complexity index is 1170. The number of thiazole rings is 1. The molecular weight excluding hydrogens is 413 g/mol. The van der Waals surface area contributed by atoms with E-state index in [1.165, 1.54) is 31.0 Å². The minimum Gasteiger partial charge on any atom is -0.291 e. The zero-order valence-electron chi connectivity index (χ0n) is 16.1. The van der Waals surface area contributed by atoms with Crippen LogP contribution in [0.4, 0.5) is 9.52 Å². The summed E-state index contributed by atoms with van der Waals surface area (Å²) in [6, 6.07) is 11.9. The Balaban J connectivity index is 1.76. The molecule has 0 atom stereocenters. The molecule has 0 unspecified atom stereocenters. The highest BCUT2D eigenvalue weighted by Crippen LogP contribution is 2.29. The number of primary sulfonamides is 1. The number of nitrogens with zero attached hydrogens (tertiary/aromatic N) is 2. The van der Waals surface area contributed by atoms with Crippen LogP contribution in [0.2, 0.25) is 0 Å². The first-order valence-electron chi connectivity index (χ1n) is 8.68. The minimum atomic E-state index is -3.88. The molecule has 9 heteroatoms. The number of aromatic nitrogens is 1. The Kier molecular flexibility index (Phi) is 5.83.